The van der Waals surface area contributed by atoms with E-state index < -0.39 is 20.0 Å². The van der Waals surface area contributed by atoms with Crippen LogP contribution in [0.1, 0.15) is 0 Å². The van der Waals surface area contributed by atoms with Crippen LogP contribution in [-0.4, -0.2) is 51.7 Å². The SMILES string of the molecule is CN(C)S(=O)(=O)c1ccc(SCCS(N)(=O)=O)nc1. The predicted octanol–water partition coefficient (Wildman–Crippen LogP) is -0.287. The van der Waals surface area contributed by atoms with Gasteiger partial charge in [-0.05, 0) is 12.1 Å². The summed E-state index contributed by atoms with van der Waals surface area (Å²) in [4.78, 5) is 4.06. The highest BCUT2D eigenvalue weighted by atomic mass is 32.2. The molecule has 0 bridgehead atoms. The molecule has 7 nitrogen and oxygen atoms in total. The maximum Gasteiger partial charge on any atom is 0.244 e. The topological polar surface area (TPSA) is 110 Å². The second-order valence-corrected chi connectivity index (χ2v) is 8.84. The molecule has 1 heterocycles. The molecular weight excluding hydrogens is 310 g/mol. The molecule has 0 unspecified atom stereocenters. The van der Waals surface area contributed by atoms with Gasteiger partial charge in [0.1, 0.15) is 4.90 Å². The molecule has 0 saturated carbocycles. The highest BCUT2D eigenvalue weighted by Gasteiger charge is 2.17. The molecular formula is C9H15N3O4S3. The number of pyridine rings is 1. The van der Waals surface area contributed by atoms with Crippen molar-refractivity contribution in [2.75, 3.05) is 25.6 Å². The van der Waals surface area contributed by atoms with Crippen LogP contribution in [0, 0.1) is 0 Å². The van der Waals surface area contributed by atoms with Crippen molar-refractivity contribution >= 4 is 31.8 Å². The summed E-state index contributed by atoms with van der Waals surface area (Å²) in [6.45, 7) is 0. The highest BCUT2D eigenvalue weighted by Crippen LogP contribution is 2.18. The number of rotatable bonds is 6. The van der Waals surface area contributed by atoms with Gasteiger partial charge in [-0.25, -0.2) is 31.3 Å². The summed E-state index contributed by atoms with van der Waals surface area (Å²) in [6.07, 6.45) is 1.24. The van der Waals surface area contributed by atoms with Crippen LogP contribution >= 0.6 is 11.8 Å². The minimum atomic E-state index is -3.49. The number of nitrogens with two attached hydrogens (primary N) is 1. The molecule has 0 amide bonds. The summed E-state index contributed by atoms with van der Waals surface area (Å²) >= 11 is 1.20. The van der Waals surface area contributed by atoms with Crippen LogP contribution in [0.25, 0.3) is 0 Å². The Labute approximate surface area is 117 Å². The Bertz CT molecular complexity index is 623. The first-order chi connectivity index (χ1) is 8.63. The van der Waals surface area contributed by atoms with E-state index in [0.717, 1.165) is 4.31 Å². The molecule has 19 heavy (non-hydrogen) atoms. The smallest absolute Gasteiger partial charge is 0.244 e. The lowest BCUT2D eigenvalue weighted by atomic mass is 10.5. The third kappa shape index (κ3) is 5.07. The minimum absolute atomic E-state index is 0.0910. The van der Waals surface area contributed by atoms with Crippen LogP contribution in [0.3, 0.4) is 0 Å². The molecule has 0 aliphatic rings. The highest BCUT2D eigenvalue weighted by molar-refractivity contribution is 8.00. The van der Waals surface area contributed by atoms with E-state index in [0.29, 0.717) is 5.03 Å². The van der Waals surface area contributed by atoms with Gasteiger partial charge in [-0.15, -0.1) is 11.8 Å². The Hall–Kier alpha value is -0.680. The molecule has 0 aliphatic heterocycles. The minimum Gasteiger partial charge on any atom is -0.249 e. The van der Waals surface area contributed by atoms with Gasteiger partial charge in [-0.2, -0.15) is 0 Å². The van der Waals surface area contributed by atoms with Gasteiger partial charge in [0, 0.05) is 26.0 Å². The van der Waals surface area contributed by atoms with Crippen LogP contribution in [-0.2, 0) is 20.0 Å². The summed E-state index contributed by atoms with van der Waals surface area (Å²) in [5.74, 6) is 0.114. The Kier molecular flexibility index (Phi) is 5.33. The summed E-state index contributed by atoms with van der Waals surface area (Å²) in [7, 11) is -4.11. The molecule has 1 aromatic rings. The van der Waals surface area contributed by atoms with Crippen molar-refractivity contribution in [3.8, 4) is 0 Å². The van der Waals surface area contributed by atoms with Crippen molar-refractivity contribution in [3.05, 3.63) is 18.3 Å². The van der Waals surface area contributed by atoms with Crippen molar-refractivity contribution in [2.45, 2.75) is 9.92 Å². The van der Waals surface area contributed by atoms with Gasteiger partial charge in [0.2, 0.25) is 20.0 Å². The molecule has 10 heteroatoms. The third-order valence-electron chi connectivity index (χ3n) is 2.11. The molecule has 0 aliphatic carbocycles. The molecule has 1 rings (SSSR count). The Morgan fingerprint density at radius 3 is 2.32 bits per heavy atom. The standard InChI is InChI=1S/C9H15N3O4S3/c1-12(2)19(15,16)8-3-4-9(11-7-8)17-5-6-18(10,13)14/h3-4,7H,5-6H2,1-2H3,(H2,10,13,14). The zero-order chi connectivity index (χ0) is 14.7. The summed E-state index contributed by atoms with van der Waals surface area (Å²) in [5, 5.41) is 5.41. The largest absolute Gasteiger partial charge is 0.249 e. The average Bonchev–Trinajstić information content (AvgIpc) is 2.27. The van der Waals surface area contributed by atoms with Crippen LogP contribution in [0.4, 0.5) is 0 Å². The fourth-order valence-electron chi connectivity index (χ4n) is 1.08. The van der Waals surface area contributed by atoms with Gasteiger partial charge < -0.3 is 0 Å². The van der Waals surface area contributed by atoms with E-state index in [2.05, 4.69) is 4.98 Å². The van der Waals surface area contributed by atoms with Crippen molar-refractivity contribution < 1.29 is 16.8 Å². The number of hydrogen-bond acceptors (Lipinski definition) is 6. The Morgan fingerprint density at radius 2 is 1.89 bits per heavy atom. The Balaban J connectivity index is 2.73. The Morgan fingerprint density at radius 1 is 1.26 bits per heavy atom. The monoisotopic (exact) mass is 325 g/mol. The molecule has 108 valence electrons. The quantitative estimate of drug-likeness (QED) is 0.720. The third-order valence-corrected chi connectivity index (χ3v) is 5.88. The molecule has 0 spiro atoms. The van der Waals surface area contributed by atoms with Gasteiger partial charge in [-0.1, -0.05) is 0 Å². The van der Waals surface area contributed by atoms with Crippen molar-refractivity contribution in [1.82, 2.24) is 9.29 Å². The molecule has 0 fully saturated rings. The first-order valence-corrected chi connectivity index (χ1v) is 9.29. The summed E-state index contributed by atoms with van der Waals surface area (Å²) in [5.41, 5.74) is 0. The average molecular weight is 325 g/mol. The van der Waals surface area contributed by atoms with Gasteiger partial charge in [0.25, 0.3) is 0 Å². The molecule has 2 N–H and O–H groups in total. The molecule has 0 saturated heterocycles. The molecule has 0 radical (unpaired) electrons. The fraction of sp³-hybridized carbons (Fsp3) is 0.444. The van der Waals surface area contributed by atoms with Crippen LogP contribution in [0.15, 0.2) is 28.3 Å². The van der Waals surface area contributed by atoms with Gasteiger partial charge >= 0.3 is 0 Å². The normalized spacial score (nSPS) is 12.8. The number of sulfonamides is 2. The maximum absolute atomic E-state index is 11.8. The predicted molar refractivity (Wildman–Crippen MR) is 73.8 cm³/mol. The van der Waals surface area contributed by atoms with E-state index in [4.69, 9.17) is 5.14 Å². The molecule has 0 aromatic carbocycles. The van der Waals surface area contributed by atoms with Crippen molar-refractivity contribution in [1.29, 1.82) is 0 Å². The number of hydrogen-bond donors (Lipinski definition) is 1. The van der Waals surface area contributed by atoms with Crippen LogP contribution in [0.5, 0.6) is 0 Å². The van der Waals surface area contributed by atoms with E-state index >= 15 is 0 Å². The number of thioether (sulfide) groups is 1. The maximum atomic E-state index is 11.8. The first-order valence-electron chi connectivity index (χ1n) is 5.15. The van der Waals surface area contributed by atoms with E-state index in [-0.39, 0.29) is 16.4 Å². The van der Waals surface area contributed by atoms with Crippen molar-refractivity contribution in [2.24, 2.45) is 5.14 Å². The number of primary sulfonamides is 1. The van der Waals surface area contributed by atoms with Gasteiger partial charge in [0.15, 0.2) is 0 Å². The summed E-state index contributed by atoms with van der Waals surface area (Å²) < 4.78 is 46.1. The van der Waals surface area contributed by atoms with E-state index in [9.17, 15) is 16.8 Å². The van der Waals surface area contributed by atoms with Crippen molar-refractivity contribution in [3.63, 3.8) is 0 Å². The van der Waals surface area contributed by atoms with Gasteiger partial charge in [0.05, 0.1) is 10.8 Å². The zero-order valence-corrected chi connectivity index (χ0v) is 12.9. The lowest BCUT2D eigenvalue weighted by Crippen LogP contribution is -2.22. The zero-order valence-electron chi connectivity index (χ0n) is 10.5. The second-order valence-electron chi connectivity index (χ2n) is 3.84. The van der Waals surface area contributed by atoms with E-state index in [1.54, 1.807) is 0 Å². The molecule has 0 atom stereocenters. The van der Waals surface area contributed by atoms with Crippen LogP contribution in [0.2, 0.25) is 0 Å². The lowest BCUT2D eigenvalue weighted by molar-refractivity contribution is 0.520. The molecule has 1 aromatic heterocycles. The number of nitrogens with zero attached hydrogens (tertiary/aromatic N) is 2. The van der Waals surface area contributed by atoms with E-state index in [1.807, 2.05) is 0 Å². The lowest BCUT2D eigenvalue weighted by Gasteiger charge is -2.10. The summed E-state index contributed by atoms with van der Waals surface area (Å²) in [6, 6.07) is 2.96. The van der Waals surface area contributed by atoms with Gasteiger partial charge in [-0.3, -0.25) is 0 Å². The second kappa shape index (κ2) is 6.18. The van der Waals surface area contributed by atoms with E-state index in [1.165, 1.54) is 44.2 Å². The van der Waals surface area contributed by atoms with Crippen LogP contribution < -0.4 is 5.14 Å². The number of aromatic nitrogens is 1. The first kappa shape index (κ1) is 16.4. The fourth-order valence-corrected chi connectivity index (χ4v) is 3.69.